The summed E-state index contributed by atoms with van der Waals surface area (Å²) in [5, 5.41) is 4.17. The van der Waals surface area contributed by atoms with Crippen LogP contribution in [0.2, 0.25) is 15.1 Å². The average Bonchev–Trinajstić information content (AvgIpc) is 2.70. The zero-order chi connectivity index (χ0) is 22.3. The van der Waals surface area contributed by atoms with Gasteiger partial charge in [0.1, 0.15) is 11.8 Å². The maximum absolute atomic E-state index is 13.0. The fraction of sp³-hybridized carbons (Fsp3) is 0.364. The van der Waals surface area contributed by atoms with Crippen molar-refractivity contribution in [2.75, 3.05) is 13.2 Å². The van der Waals surface area contributed by atoms with Crippen LogP contribution in [0.5, 0.6) is 5.75 Å². The molecular weight excluding hydrogens is 447 g/mol. The second kappa shape index (κ2) is 11.4. The van der Waals surface area contributed by atoms with Crippen LogP contribution in [0.15, 0.2) is 42.5 Å². The van der Waals surface area contributed by atoms with Gasteiger partial charge in [0.2, 0.25) is 5.91 Å². The summed E-state index contributed by atoms with van der Waals surface area (Å²) >= 11 is 18.4. The molecule has 8 heteroatoms. The normalized spacial score (nSPS) is 11.8. The Morgan fingerprint density at radius 3 is 2.37 bits per heavy atom. The lowest BCUT2D eigenvalue weighted by molar-refractivity contribution is -0.142. The van der Waals surface area contributed by atoms with Crippen molar-refractivity contribution in [3.8, 4) is 5.75 Å². The SMILES string of the molecule is CC(C)CNC(=O)[C@H](C)N(Cc1ccc(Cl)cc1Cl)C(=O)COc1ccccc1Cl. The van der Waals surface area contributed by atoms with E-state index < -0.39 is 6.04 Å². The summed E-state index contributed by atoms with van der Waals surface area (Å²) in [7, 11) is 0. The number of carbonyl (C=O) groups excluding carboxylic acids is 2. The summed E-state index contributed by atoms with van der Waals surface area (Å²) in [6, 6.07) is 11.2. The molecule has 0 unspecified atom stereocenters. The second-order valence-electron chi connectivity index (χ2n) is 7.29. The lowest BCUT2D eigenvalue weighted by Crippen LogP contribution is -2.49. The molecule has 0 heterocycles. The molecule has 30 heavy (non-hydrogen) atoms. The van der Waals surface area contributed by atoms with Gasteiger partial charge in [0, 0.05) is 23.1 Å². The van der Waals surface area contributed by atoms with Gasteiger partial charge in [-0.3, -0.25) is 9.59 Å². The highest BCUT2D eigenvalue weighted by atomic mass is 35.5. The van der Waals surface area contributed by atoms with Gasteiger partial charge in [-0.2, -0.15) is 0 Å². The molecule has 0 aromatic heterocycles. The molecule has 5 nitrogen and oxygen atoms in total. The van der Waals surface area contributed by atoms with Crippen LogP contribution in [0.3, 0.4) is 0 Å². The van der Waals surface area contributed by atoms with E-state index in [1.54, 1.807) is 49.4 Å². The molecule has 0 aliphatic heterocycles. The van der Waals surface area contributed by atoms with Gasteiger partial charge in [0.05, 0.1) is 5.02 Å². The summed E-state index contributed by atoms with van der Waals surface area (Å²) in [6.07, 6.45) is 0. The number of para-hydroxylation sites is 1. The Balaban J connectivity index is 2.19. The lowest BCUT2D eigenvalue weighted by Gasteiger charge is -2.29. The van der Waals surface area contributed by atoms with Gasteiger partial charge < -0.3 is 15.0 Å². The third kappa shape index (κ3) is 7.08. The van der Waals surface area contributed by atoms with Gasteiger partial charge in [0.25, 0.3) is 5.91 Å². The molecule has 1 N–H and O–H groups in total. The predicted octanol–water partition coefficient (Wildman–Crippen LogP) is 5.22. The van der Waals surface area contributed by atoms with E-state index >= 15 is 0 Å². The molecule has 2 aromatic carbocycles. The van der Waals surface area contributed by atoms with Crippen molar-refractivity contribution in [3.63, 3.8) is 0 Å². The van der Waals surface area contributed by atoms with Crippen molar-refractivity contribution >= 4 is 46.6 Å². The number of nitrogens with one attached hydrogen (secondary N) is 1. The molecule has 0 saturated carbocycles. The zero-order valence-electron chi connectivity index (χ0n) is 17.1. The molecule has 0 aliphatic rings. The van der Waals surface area contributed by atoms with Crippen molar-refractivity contribution in [3.05, 3.63) is 63.1 Å². The van der Waals surface area contributed by atoms with E-state index in [2.05, 4.69) is 5.32 Å². The Morgan fingerprint density at radius 2 is 1.73 bits per heavy atom. The number of hydrogen-bond donors (Lipinski definition) is 1. The third-order valence-electron chi connectivity index (χ3n) is 4.40. The maximum atomic E-state index is 13.0. The van der Waals surface area contributed by atoms with Crippen LogP contribution >= 0.6 is 34.8 Å². The fourth-order valence-corrected chi connectivity index (χ4v) is 3.31. The first-order valence-electron chi connectivity index (χ1n) is 9.57. The summed E-state index contributed by atoms with van der Waals surface area (Å²) in [5.74, 6) is 0.0708. The van der Waals surface area contributed by atoms with Crippen LogP contribution in [0.25, 0.3) is 0 Å². The molecule has 0 spiro atoms. The van der Waals surface area contributed by atoms with Gasteiger partial charge in [-0.25, -0.2) is 0 Å². The number of hydrogen-bond acceptors (Lipinski definition) is 3. The van der Waals surface area contributed by atoms with E-state index in [-0.39, 0.29) is 25.0 Å². The van der Waals surface area contributed by atoms with E-state index in [1.807, 2.05) is 13.8 Å². The number of rotatable bonds is 9. The molecule has 2 rings (SSSR count). The summed E-state index contributed by atoms with van der Waals surface area (Å²) in [4.78, 5) is 27.1. The number of halogens is 3. The molecule has 2 aromatic rings. The molecule has 0 aliphatic carbocycles. The Hall–Kier alpha value is -1.95. The molecule has 0 fully saturated rings. The Morgan fingerprint density at radius 1 is 1.03 bits per heavy atom. The van der Waals surface area contributed by atoms with Crippen LogP contribution in [0.4, 0.5) is 0 Å². The summed E-state index contributed by atoms with van der Waals surface area (Å²) < 4.78 is 5.59. The van der Waals surface area contributed by atoms with Crippen LogP contribution in [0.1, 0.15) is 26.3 Å². The molecule has 2 amide bonds. The first-order valence-corrected chi connectivity index (χ1v) is 10.7. The fourth-order valence-electron chi connectivity index (χ4n) is 2.65. The number of benzene rings is 2. The maximum Gasteiger partial charge on any atom is 0.261 e. The molecule has 0 saturated heterocycles. The van der Waals surface area contributed by atoms with E-state index in [4.69, 9.17) is 39.5 Å². The predicted molar refractivity (Wildman–Crippen MR) is 121 cm³/mol. The second-order valence-corrected chi connectivity index (χ2v) is 8.54. The van der Waals surface area contributed by atoms with Crippen molar-refractivity contribution in [1.82, 2.24) is 10.2 Å². The molecule has 0 bridgehead atoms. The standard InChI is InChI=1S/C22H25Cl3N2O3/c1-14(2)11-26-22(29)15(3)27(12-16-8-9-17(23)10-19(16)25)21(28)13-30-20-7-5-4-6-18(20)24/h4-10,14-15H,11-13H2,1-3H3,(H,26,29)/t15-/m0/s1. The quantitative estimate of drug-likeness (QED) is 0.546. The smallest absolute Gasteiger partial charge is 0.261 e. The van der Waals surface area contributed by atoms with Gasteiger partial charge in [-0.1, -0.05) is 66.8 Å². The van der Waals surface area contributed by atoms with Crippen molar-refractivity contribution in [2.24, 2.45) is 5.92 Å². The number of amides is 2. The Bertz CT molecular complexity index is 890. The highest BCUT2D eigenvalue weighted by Gasteiger charge is 2.27. The molecule has 1 atom stereocenters. The van der Waals surface area contributed by atoms with E-state index in [9.17, 15) is 9.59 Å². The van der Waals surface area contributed by atoms with Gasteiger partial charge >= 0.3 is 0 Å². The monoisotopic (exact) mass is 470 g/mol. The van der Waals surface area contributed by atoms with Crippen molar-refractivity contribution in [1.29, 1.82) is 0 Å². The van der Waals surface area contributed by atoms with E-state index in [0.717, 1.165) is 0 Å². The highest BCUT2D eigenvalue weighted by molar-refractivity contribution is 6.35. The minimum absolute atomic E-state index is 0.136. The van der Waals surface area contributed by atoms with Crippen LogP contribution in [0, 0.1) is 5.92 Å². The molecule has 162 valence electrons. The number of ether oxygens (including phenoxy) is 1. The largest absolute Gasteiger partial charge is 0.482 e. The van der Waals surface area contributed by atoms with E-state index in [0.29, 0.717) is 38.8 Å². The van der Waals surface area contributed by atoms with Crippen LogP contribution in [-0.2, 0) is 16.1 Å². The molecular formula is C22H25Cl3N2O3. The van der Waals surface area contributed by atoms with Gasteiger partial charge in [-0.05, 0) is 42.7 Å². The van der Waals surface area contributed by atoms with Crippen LogP contribution in [-0.4, -0.2) is 35.9 Å². The van der Waals surface area contributed by atoms with Gasteiger partial charge in [-0.15, -0.1) is 0 Å². The topological polar surface area (TPSA) is 58.6 Å². The number of carbonyl (C=O) groups is 2. The lowest BCUT2D eigenvalue weighted by atomic mass is 10.1. The zero-order valence-corrected chi connectivity index (χ0v) is 19.4. The van der Waals surface area contributed by atoms with Crippen molar-refractivity contribution in [2.45, 2.75) is 33.4 Å². The average molecular weight is 472 g/mol. The summed E-state index contributed by atoms with van der Waals surface area (Å²) in [6.45, 7) is 6.06. The summed E-state index contributed by atoms with van der Waals surface area (Å²) in [5.41, 5.74) is 0.677. The minimum atomic E-state index is -0.724. The number of nitrogens with zero attached hydrogens (tertiary/aromatic N) is 1. The first kappa shape index (κ1) is 24.3. The van der Waals surface area contributed by atoms with Gasteiger partial charge in [0.15, 0.2) is 6.61 Å². The Labute approximate surface area is 192 Å². The van der Waals surface area contributed by atoms with Crippen LogP contribution < -0.4 is 10.1 Å². The molecule has 0 radical (unpaired) electrons. The van der Waals surface area contributed by atoms with E-state index in [1.165, 1.54) is 4.90 Å². The third-order valence-corrected chi connectivity index (χ3v) is 5.29. The highest BCUT2D eigenvalue weighted by Crippen LogP contribution is 2.25. The Kier molecular flexibility index (Phi) is 9.28. The van der Waals surface area contributed by atoms with Crippen molar-refractivity contribution < 1.29 is 14.3 Å². The minimum Gasteiger partial charge on any atom is -0.482 e. The first-order chi connectivity index (χ1) is 14.2.